The zero-order valence-corrected chi connectivity index (χ0v) is 18.1. The molecule has 1 aliphatic rings. The summed E-state index contributed by atoms with van der Waals surface area (Å²) in [6.07, 6.45) is 3.72. The van der Waals surface area contributed by atoms with Crippen LogP contribution in [0.2, 0.25) is 0 Å². The second-order valence-electron chi connectivity index (χ2n) is 8.56. The van der Waals surface area contributed by atoms with Crippen molar-refractivity contribution >= 4 is 0 Å². The average molecular weight is 405 g/mol. The van der Waals surface area contributed by atoms with Crippen molar-refractivity contribution in [2.24, 2.45) is 5.92 Å². The minimum Gasteiger partial charge on any atom is -0.338 e. The molecule has 0 spiro atoms. The molecular formula is C25H32N4O. The fourth-order valence-corrected chi connectivity index (χ4v) is 4.43. The van der Waals surface area contributed by atoms with Gasteiger partial charge in [-0.25, -0.2) is 0 Å². The first-order chi connectivity index (χ1) is 14.7. The lowest BCUT2D eigenvalue weighted by Crippen LogP contribution is -2.40. The van der Waals surface area contributed by atoms with Gasteiger partial charge in [-0.1, -0.05) is 59.8 Å². The van der Waals surface area contributed by atoms with Gasteiger partial charge in [-0.3, -0.25) is 4.90 Å². The molecule has 0 aliphatic carbocycles. The molecule has 4 rings (SSSR count). The number of likely N-dealkylation sites (tertiary alicyclic amines) is 1. The Bertz CT molecular complexity index is 924. The lowest BCUT2D eigenvalue weighted by molar-refractivity contribution is 0.137. The predicted molar refractivity (Wildman–Crippen MR) is 120 cm³/mol. The maximum Gasteiger partial charge on any atom is 0.241 e. The highest BCUT2D eigenvalue weighted by Gasteiger charge is 2.22. The molecule has 1 saturated heterocycles. The normalized spacial score (nSPS) is 17.5. The van der Waals surface area contributed by atoms with Crippen molar-refractivity contribution in [3.8, 4) is 11.4 Å². The summed E-state index contributed by atoms with van der Waals surface area (Å²) in [5.41, 5.74) is 3.87. The number of rotatable bonds is 8. The van der Waals surface area contributed by atoms with Crippen LogP contribution in [0.15, 0.2) is 59.1 Å². The molecule has 2 heterocycles. The fraction of sp³-hybridized carbons (Fsp3) is 0.440. The number of aromatic nitrogens is 2. The molecule has 5 nitrogen and oxygen atoms in total. The maximum absolute atomic E-state index is 5.49. The molecule has 0 N–H and O–H groups in total. The minimum atomic E-state index is 0.666. The van der Waals surface area contributed by atoms with E-state index in [4.69, 9.17) is 4.52 Å². The summed E-state index contributed by atoms with van der Waals surface area (Å²) in [6, 6.07) is 18.7. The highest BCUT2D eigenvalue weighted by Crippen LogP contribution is 2.20. The van der Waals surface area contributed by atoms with E-state index in [1.54, 1.807) is 0 Å². The predicted octanol–water partition coefficient (Wildman–Crippen LogP) is 4.43. The number of benzene rings is 2. The lowest BCUT2D eigenvalue weighted by atomic mass is 9.96. The molecule has 1 fully saturated rings. The van der Waals surface area contributed by atoms with Gasteiger partial charge in [-0.15, -0.1) is 0 Å². The van der Waals surface area contributed by atoms with Crippen molar-refractivity contribution in [3.63, 3.8) is 0 Å². The highest BCUT2D eigenvalue weighted by atomic mass is 16.5. The molecule has 1 aliphatic heterocycles. The molecule has 5 heteroatoms. The van der Waals surface area contributed by atoms with Crippen LogP contribution in [0, 0.1) is 12.8 Å². The number of hydrogen-bond acceptors (Lipinski definition) is 5. The lowest BCUT2D eigenvalue weighted by Gasteiger charge is -2.34. The quantitative estimate of drug-likeness (QED) is 0.556. The molecule has 0 radical (unpaired) electrons. The summed E-state index contributed by atoms with van der Waals surface area (Å²) >= 11 is 0. The SMILES string of the molecule is Cc1ccccc1CCN1CCC[C@H](CN(C)Cc2nc(-c3ccccc3)no2)C1. The molecule has 30 heavy (non-hydrogen) atoms. The zero-order valence-electron chi connectivity index (χ0n) is 18.1. The van der Waals surface area contributed by atoms with E-state index >= 15 is 0 Å². The Morgan fingerprint density at radius 3 is 2.73 bits per heavy atom. The fourth-order valence-electron chi connectivity index (χ4n) is 4.43. The van der Waals surface area contributed by atoms with Crippen molar-refractivity contribution in [2.45, 2.75) is 32.7 Å². The second kappa shape index (κ2) is 10.0. The van der Waals surface area contributed by atoms with Crippen LogP contribution in [0.4, 0.5) is 0 Å². The van der Waals surface area contributed by atoms with E-state index in [1.165, 1.54) is 37.1 Å². The van der Waals surface area contributed by atoms with Gasteiger partial charge in [0.15, 0.2) is 0 Å². The Labute approximate surface area is 179 Å². The van der Waals surface area contributed by atoms with E-state index < -0.39 is 0 Å². The molecule has 2 aromatic carbocycles. The van der Waals surface area contributed by atoms with E-state index in [2.05, 4.69) is 58.2 Å². The van der Waals surface area contributed by atoms with E-state index in [0.29, 0.717) is 24.2 Å². The van der Waals surface area contributed by atoms with Gasteiger partial charge in [0.05, 0.1) is 6.54 Å². The van der Waals surface area contributed by atoms with Gasteiger partial charge in [0.25, 0.3) is 0 Å². The zero-order chi connectivity index (χ0) is 20.8. The molecule has 1 aromatic heterocycles. The molecule has 3 aromatic rings. The molecule has 0 saturated carbocycles. The third kappa shape index (κ3) is 5.55. The van der Waals surface area contributed by atoms with Crippen molar-refractivity contribution in [2.75, 3.05) is 33.2 Å². The molecule has 0 unspecified atom stereocenters. The van der Waals surface area contributed by atoms with Crippen molar-refractivity contribution < 1.29 is 4.52 Å². The molecule has 0 amide bonds. The Morgan fingerprint density at radius 1 is 1.10 bits per heavy atom. The van der Waals surface area contributed by atoms with Crippen LogP contribution in [-0.2, 0) is 13.0 Å². The number of hydrogen-bond donors (Lipinski definition) is 0. The Balaban J connectivity index is 1.26. The summed E-state index contributed by atoms with van der Waals surface area (Å²) < 4.78 is 5.49. The van der Waals surface area contributed by atoms with Crippen LogP contribution in [0.3, 0.4) is 0 Å². The van der Waals surface area contributed by atoms with Crippen LogP contribution in [0.5, 0.6) is 0 Å². The van der Waals surface area contributed by atoms with Gasteiger partial charge in [0, 0.05) is 25.2 Å². The topological polar surface area (TPSA) is 45.4 Å². The molecule has 158 valence electrons. The molecular weight excluding hydrogens is 372 g/mol. The Kier molecular flexibility index (Phi) is 6.92. The van der Waals surface area contributed by atoms with Gasteiger partial charge in [-0.2, -0.15) is 4.98 Å². The third-order valence-corrected chi connectivity index (χ3v) is 6.04. The largest absolute Gasteiger partial charge is 0.338 e. The van der Waals surface area contributed by atoms with Crippen LogP contribution in [-0.4, -0.2) is 53.2 Å². The first kappa shape index (κ1) is 20.8. The van der Waals surface area contributed by atoms with Crippen molar-refractivity contribution in [1.82, 2.24) is 19.9 Å². The van der Waals surface area contributed by atoms with Crippen LogP contribution in [0.25, 0.3) is 11.4 Å². The van der Waals surface area contributed by atoms with Crippen molar-refractivity contribution in [3.05, 3.63) is 71.6 Å². The van der Waals surface area contributed by atoms with Gasteiger partial charge < -0.3 is 9.42 Å². The van der Waals surface area contributed by atoms with E-state index in [0.717, 1.165) is 25.1 Å². The summed E-state index contributed by atoms with van der Waals surface area (Å²) in [4.78, 5) is 9.52. The van der Waals surface area contributed by atoms with Gasteiger partial charge in [0.1, 0.15) is 0 Å². The first-order valence-corrected chi connectivity index (χ1v) is 11.0. The van der Waals surface area contributed by atoms with E-state index in [9.17, 15) is 0 Å². The van der Waals surface area contributed by atoms with E-state index in [-0.39, 0.29) is 0 Å². The third-order valence-electron chi connectivity index (χ3n) is 6.04. The summed E-state index contributed by atoms with van der Waals surface area (Å²) in [5, 5.41) is 4.14. The summed E-state index contributed by atoms with van der Waals surface area (Å²) in [6.45, 7) is 7.51. The summed E-state index contributed by atoms with van der Waals surface area (Å²) in [7, 11) is 2.15. The van der Waals surface area contributed by atoms with Gasteiger partial charge >= 0.3 is 0 Å². The number of nitrogens with zero attached hydrogens (tertiary/aromatic N) is 4. The van der Waals surface area contributed by atoms with Crippen molar-refractivity contribution in [1.29, 1.82) is 0 Å². The highest BCUT2D eigenvalue weighted by molar-refractivity contribution is 5.53. The summed E-state index contributed by atoms with van der Waals surface area (Å²) in [5.74, 6) is 2.04. The Hall–Kier alpha value is -2.50. The number of aryl methyl sites for hydroxylation is 1. The maximum atomic E-state index is 5.49. The molecule has 1 atom stereocenters. The van der Waals surface area contributed by atoms with E-state index in [1.807, 2.05) is 30.3 Å². The standard InChI is InChI=1S/C25H32N4O/c1-20-9-6-7-11-22(20)14-16-29-15-8-10-21(18-29)17-28(2)19-24-26-25(27-30-24)23-12-4-3-5-13-23/h3-7,9,11-13,21H,8,10,14-19H2,1-2H3/t21-/m1/s1. The second-order valence-corrected chi connectivity index (χ2v) is 8.56. The monoisotopic (exact) mass is 404 g/mol. The number of piperidine rings is 1. The molecule has 0 bridgehead atoms. The Morgan fingerprint density at radius 2 is 1.90 bits per heavy atom. The van der Waals surface area contributed by atoms with Crippen LogP contribution >= 0.6 is 0 Å². The minimum absolute atomic E-state index is 0.666. The average Bonchev–Trinajstić information content (AvgIpc) is 3.22. The van der Waals surface area contributed by atoms with Gasteiger partial charge in [-0.05, 0) is 56.8 Å². The van der Waals surface area contributed by atoms with Crippen LogP contribution in [0.1, 0.15) is 29.9 Å². The van der Waals surface area contributed by atoms with Crippen LogP contribution < -0.4 is 0 Å². The smallest absolute Gasteiger partial charge is 0.241 e. The first-order valence-electron chi connectivity index (χ1n) is 11.0. The van der Waals surface area contributed by atoms with Gasteiger partial charge in [0.2, 0.25) is 11.7 Å².